The third-order valence-electron chi connectivity index (χ3n) is 3.66. The summed E-state index contributed by atoms with van der Waals surface area (Å²) < 4.78 is 43.2. The lowest BCUT2D eigenvalue weighted by Gasteiger charge is -2.24. The van der Waals surface area contributed by atoms with Gasteiger partial charge in [0, 0.05) is 19.1 Å². The van der Waals surface area contributed by atoms with Crippen LogP contribution in [0.25, 0.3) is 0 Å². The molecule has 0 bridgehead atoms. The van der Waals surface area contributed by atoms with Gasteiger partial charge in [0.05, 0.1) is 0 Å². The lowest BCUT2D eigenvalue weighted by molar-refractivity contribution is -0.167. The average molecular weight is 454 g/mol. The standard InChI is InChI=1S/C16H21F3N4O4S2/c1-15(2,3)27-14(26)23-6-5-8(7-23)20-10(24)9-11(29-13(21-9)28-4)22-12(25)16(17,18)19/h8H,5-7H2,1-4H3,(H,20,24)(H,22,25)/t8-/m1/s1. The molecule has 2 rings (SSSR count). The van der Waals surface area contributed by atoms with Crippen LogP contribution in [0.4, 0.5) is 23.0 Å². The number of alkyl halides is 3. The van der Waals surface area contributed by atoms with Crippen molar-refractivity contribution in [1.82, 2.24) is 15.2 Å². The summed E-state index contributed by atoms with van der Waals surface area (Å²) in [4.78, 5) is 41.3. The molecule has 29 heavy (non-hydrogen) atoms. The molecule has 3 amide bonds. The van der Waals surface area contributed by atoms with Crippen molar-refractivity contribution in [2.45, 2.75) is 49.4 Å². The number of nitrogens with one attached hydrogen (secondary N) is 2. The van der Waals surface area contributed by atoms with Crippen LogP contribution in [0.2, 0.25) is 0 Å². The smallest absolute Gasteiger partial charge is 0.444 e. The Balaban J connectivity index is 2.05. The van der Waals surface area contributed by atoms with Gasteiger partial charge in [-0.05, 0) is 33.4 Å². The van der Waals surface area contributed by atoms with Crippen molar-refractivity contribution >= 4 is 46.0 Å². The molecule has 0 spiro atoms. The van der Waals surface area contributed by atoms with Gasteiger partial charge in [0.25, 0.3) is 5.91 Å². The summed E-state index contributed by atoms with van der Waals surface area (Å²) in [7, 11) is 0. The highest BCUT2D eigenvalue weighted by atomic mass is 32.2. The molecule has 0 aliphatic carbocycles. The second-order valence-electron chi connectivity index (χ2n) is 7.20. The first-order valence-electron chi connectivity index (χ1n) is 8.52. The van der Waals surface area contributed by atoms with Crippen LogP contribution in [0, 0.1) is 0 Å². The molecule has 0 radical (unpaired) electrons. The first-order chi connectivity index (χ1) is 13.3. The van der Waals surface area contributed by atoms with E-state index in [0.29, 0.717) is 17.3 Å². The molecule has 2 heterocycles. The van der Waals surface area contributed by atoms with Crippen LogP contribution in [0.5, 0.6) is 0 Å². The highest BCUT2D eigenvalue weighted by Crippen LogP contribution is 2.32. The molecule has 1 aromatic rings. The number of thiazole rings is 1. The van der Waals surface area contributed by atoms with E-state index in [-0.39, 0.29) is 17.2 Å². The predicted molar refractivity (Wildman–Crippen MR) is 102 cm³/mol. The maximum atomic E-state index is 12.5. The van der Waals surface area contributed by atoms with E-state index >= 15 is 0 Å². The van der Waals surface area contributed by atoms with Crippen molar-refractivity contribution in [3.05, 3.63) is 5.69 Å². The summed E-state index contributed by atoms with van der Waals surface area (Å²) in [5, 5.41) is 4.06. The summed E-state index contributed by atoms with van der Waals surface area (Å²) in [6.07, 6.45) is -3.50. The van der Waals surface area contributed by atoms with Crippen molar-refractivity contribution in [2.24, 2.45) is 0 Å². The van der Waals surface area contributed by atoms with Crippen LogP contribution in [-0.4, -0.2) is 65.0 Å². The number of amides is 3. The second kappa shape index (κ2) is 8.78. The van der Waals surface area contributed by atoms with E-state index in [0.717, 1.165) is 23.1 Å². The molecule has 0 unspecified atom stereocenters. The van der Waals surface area contributed by atoms with Gasteiger partial charge in [-0.2, -0.15) is 13.2 Å². The molecule has 13 heteroatoms. The summed E-state index contributed by atoms with van der Waals surface area (Å²) in [5.74, 6) is -2.91. The van der Waals surface area contributed by atoms with Crippen molar-refractivity contribution in [3.63, 3.8) is 0 Å². The lowest BCUT2D eigenvalue weighted by atomic mass is 10.2. The zero-order chi connectivity index (χ0) is 22.0. The van der Waals surface area contributed by atoms with E-state index in [9.17, 15) is 27.6 Å². The Labute approximate surface area is 173 Å². The van der Waals surface area contributed by atoms with Gasteiger partial charge in [0.15, 0.2) is 10.0 Å². The number of nitrogens with zero attached hydrogens (tertiary/aromatic N) is 2. The number of halogens is 3. The van der Waals surface area contributed by atoms with Gasteiger partial charge in [-0.25, -0.2) is 9.78 Å². The fourth-order valence-corrected chi connectivity index (χ4v) is 3.88. The number of hydrogen-bond acceptors (Lipinski definition) is 7. The Morgan fingerprint density at radius 1 is 1.28 bits per heavy atom. The Kier molecular flexibility index (Phi) is 7.04. The second-order valence-corrected chi connectivity index (χ2v) is 9.25. The first-order valence-corrected chi connectivity index (χ1v) is 10.6. The minimum Gasteiger partial charge on any atom is -0.444 e. The van der Waals surface area contributed by atoms with Crippen LogP contribution < -0.4 is 10.6 Å². The molecule has 0 aromatic carbocycles. The van der Waals surface area contributed by atoms with Gasteiger partial charge < -0.3 is 20.3 Å². The number of thioether (sulfide) groups is 1. The van der Waals surface area contributed by atoms with Gasteiger partial charge in [-0.1, -0.05) is 23.1 Å². The molecule has 162 valence electrons. The SMILES string of the molecule is CSc1nc(C(=O)N[C@@H]2CCN(C(=O)OC(C)(C)C)C2)c(NC(=O)C(F)(F)F)s1. The van der Waals surface area contributed by atoms with Crippen molar-refractivity contribution in [1.29, 1.82) is 0 Å². The molecular formula is C16H21F3N4O4S2. The van der Waals surface area contributed by atoms with Crippen molar-refractivity contribution in [3.8, 4) is 0 Å². The zero-order valence-electron chi connectivity index (χ0n) is 16.2. The third-order valence-corrected chi connectivity index (χ3v) is 5.61. The van der Waals surface area contributed by atoms with Gasteiger partial charge in [-0.3, -0.25) is 9.59 Å². The molecule has 8 nitrogen and oxygen atoms in total. The average Bonchev–Trinajstić information content (AvgIpc) is 3.19. The topological polar surface area (TPSA) is 101 Å². The third kappa shape index (κ3) is 6.49. The highest BCUT2D eigenvalue weighted by molar-refractivity contribution is 8.00. The number of likely N-dealkylation sites (tertiary alicyclic amines) is 1. The van der Waals surface area contributed by atoms with E-state index in [1.165, 1.54) is 4.90 Å². The Morgan fingerprint density at radius 2 is 1.93 bits per heavy atom. The number of anilines is 1. The summed E-state index contributed by atoms with van der Waals surface area (Å²) in [6.45, 7) is 5.78. The lowest BCUT2D eigenvalue weighted by Crippen LogP contribution is -2.40. The predicted octanol–water partition coefficient (Wildman–Crippen LogP) is 3.11. The van der Waals surface area contributed by atoms with E-state index in [4.69, 9.17) is 4.74 Å². The maximum Gasteiger partial charge on any atom is 0.471 e. The minimum atomic E-state index is -5.09. The molecule has 1 atom stereocenters. The number of aromatic nitrogens is 1. The summed E-state index contributed by atoms with van der Waals surface area (Å²) in [6, 6.07) is -0.416. The highest BCUT2D eigenvalue weighted by Gasteiger charge is 2.40. The van der Waals surface area contributed by atoms with Crippen LogP contribution >= 0.6 is 23.1 Å². The van der Waals surface area contributed by atoms with Crippen LogP contribution in [-0.2, 0) is 9.53 Å². The maximum absolute atomic E-state index is 12.5. The molecule has 0 saturated carbocycles. The van der Waals surface area contributed by atoms with Gasteiger partial charge in [0.1, 0.15) is 10.6 Å². The zero-order valence-corrected chi connectivity index (χ0v) is 17.8. The number of ether oxygens (including phenoxy) is 1. The quantitative estimate of drug-likeness (QED) is 0.678. The van der Waals surface area contributed by atoms with Crippen LogP contribution in [0.1, 0.15) is 37.7 Å². The van der Waals surface area contributed by atoms with Crippen molar-refractivity contribution in [2.75, 3.05) is 24.7 Å². The molecule has 1 aliphatic heterocycles. The first kappa shape index (κ1) is 23.3. The molecule has 1 fully saturated rings. The van der Waals surface area contributed by atoms with Crippen LogP contribution in [0.15, 0.2) is 4.34 Å². The number of carbonyl (C=O) groups excluding carboxylic acids is 3. The fourth-order valence-electron chi connectivity index (χ4n) is 2.42. The molecule has 2 N–H and O–H groups in total. The fraction of sp³-hybridized carbons (Fsp3) is 0.625. The van der Waals surface area contributed by atoms with E-state index in [1.54, 1.807) is 32.3 Å². The molecular weight excluding hydrogens is 433 g/mol. The molecule has 1 aliphatic rings. The van der Waals surface area contributed by atoms with Crippen molar-refractivity contribution < 1.29 is 32.3 Å². The Morgan fingerprint density at radius 3 is 2.48 bits per heavy atom. The van der Waals surface area contributed by atoms with Gasteiger partial charge in [-0.15, -0.1) is 0 Å². The normalized spacial score (nSPS) is 17.2. The van der Waals surface area contributed by atoms with E-state index < -0.39 is 35.7 Å². The van der Waals surface area contributed by atoms with Gasteiger partial charge in [0.2, 0.25) is 0 Å². The summed E-state index contributed by atoms with van der Waals surface area (Å²) >= 11 is 1.91. The minimum absolute atomic E-state index is 0.199. The number of carbonyl (C=O) groups is 3. The Hall–Kier alpha value is -2.02. The van der Waals surface area contributed by atoms with Crippen LogP contribution in [0.3, 0.4) is 0 Å². The molecule has 1 saturated heterocycles. The number of hydrogen-bond donors (Lipinski definition) is 2. The monoisotopic (exact) mass is 454 g/mol. The number of rotatable bonds is 4. The van der Waals surface area contributed by atoms with E-state index in [2.05, 4.69) is 10.3 Å². The Bertz CT molecular complexity index is 792. The largest absolute Gasteiger partial charge is 0.471 e. The van der Waals surface area contributed by atoms with Gasteiger partial charge >= 0.3 is 18.2 Å². The van der Waals surface area contributed by atoms with E-state index in [1.807, 2.05) is 0 Å². The molecule has 1 aromatic heterocycles. The summed E-state index contributed by atoms with van der Waals surface area (Å²) in [5.41, 5.74) is -0.952.